The Labute approximate surface area is 190 Å². The zero-order valence-electron chi connectivity index (χ0n) is 18.0. The van der Waals surface area contributed by atoms with Gasteiger partial charge in [-0.1, -0.05) is 67.6 Å². The van der Waals surface area contributed by atoms with Gasteiger partial charge in [-0.25, -0.2) is 13.9 Å². The molecule has 2 aromatic carbocycles. The molecule has 8 heteroatoms. The molecule has 0 bridgehead atoms. The summed E-state index contributed by atoms with van der Waals surface area (Å²) in [6, 6.07) is 15.6. The number of hydrogen-bond donors (Lipinski definition) is 1. The maximum atomic E-state index is 13.6. The van der Waals surface area contributed by atoms with Crippen LogP contribution in [0.25, 0.3) is 0 Å². The van der Waals surface area contributed by atoms with Gasteiger partial charge in [-0.05, 0) is 36.6 Å². The summed E-state index contributed by atoms with van der Waals surface area (Å²) >= 11 is 1.52. The van der Waals surface area contributed by atoms with Crippen molar-refractivity contribution in [1.29, 1.82) is 0 Å². The lowest BCUT2D eigenvalue weighted by Crippen LogP contribution is -2.29. The van der Waals surface area contributed by atoms with E-state index in [0.717, 1.165) is 24.2 Å². The zero-order chi connectivity index (χ0) is 22.5. The standard InChI is InChI=1S/C24H25FN4O2S/c1-3-4-14-31-22(30)20-16(2)26-23-27-24(32-15-17-8-6-5-7-9-17)28-29(23)21(20)18-10-12-19(25)13-11-18/h5-13,21H,3-4,14-15H2,1-2H3,(H,26,27,28). The molecule has 0 saturated carbocycles. The Balaban J connectivity index is 1.66. The summed E-state index contributed by atoms with van der Waals surface area (Å²) in [5.74, 6) is 0.521. The van der Waals surface area contributed by atoms with Gasteiger partial charge in [0.25, 0.3) is 0 Å². The van der Waals surface area contributed by atoms with E-state index in [-0.39, 0.29) is 5.82 Å². The number of ether oxygens (including phenoxy) is 1. The Morgan fingerprint density at radius 3 is 2.66 bits per heavy atom. The first kappa shape index (κ1) is 22.1. The van der Waals surface area contributed by atoms with Gasteiger partial charge < -0.3 is 10.1 Å². The van der Waals surface area contributed by atoms with Crippen molar-refractivity contribution in [2.75, 3.05) is 11.9 Å². The van der Waals surface area contributed by atoms with Crippen LogP contribution in [0.5, 0.6) is 0 Å². The number of carbonyl (C=O) groups excluding carboxylic acids is 1. The highest BCUT2D eigenvalue weighted by molar-refractivity contribution is 7.98. The molecular formula is C24H25FN4O2S. The third-order valence-corrected chi connectivity index (χ3v) is 6.09. The number of thioether (sulfide) groups is 1. The predicted octanol–water partition coefficient (Wildman–Crippen LogP) is 5.34. The average molecular weight is 453 g/mol. The van der Waals surface area contributed by atoms with E-state index in [0.29, 0.717) is 29.0 Å². The van der Waals surface area contributed by atoms with Crippen LogP contribution in [-0.4, -0.2) is 27.3 Å². The van der Waals surface area contributed by atoms with Crippen LogP contribution in [0, 0.1) is 5.82 Å². The maximum absolute atomic E-state index is 13.6. The smallest absolute Gasteiger partial charge is 0.338 e. The fraction of sp³-hybridized carbons (Fsp3) is 0.292. The van der Waals surface area contributed by atoms with Gasteiger partial charge >= 0.3 is 5.97 Å². The van der Waals surface area contributed by atoms with Crippen molar-refractivity contribution in [3.63, 3.8) is 0 Å². The summed E-state index contributed by atoms with van der Waals surface area (Å²) in [4.78, 5) is 17.6. The number of fused-ring (bicyclic) bond motifs is 1. The van der Waals surface area contributed by atoms with Crippen molar-refractivity contribution < 1.29 is 13.9 Å². The number of hydrogen-bond acceptors (Lipinski definition) is 6. The Bertz CT molecular complexity index is 1110. The Hall–Kier alpha value is -3.13. The molecule has 0 amide bonds. The molecule has 3 aromatic rings. The first-order chi connectivity index (χ1) is 15.6. The highest BCUT2D eigenvalue weighted by Crippen LogP contribution is 2.37. The van der Waals surface area contributed by atoms with E-state index in [4.69, 9.17) is 4.74 Å². The van der Waals surface area contributed by atoms with E-state index in [9.17, 15) is 9.18 Å². The molecule has 166 valence electrons. The van der Waals surface area contributed by atoms with E-state index >= 15 is 0 Å². The van der Waals surface area contributed by atoms with E-state index < -0.39 is 12.0 Å². The number of anilines is 1. The second-order valence-electron chi connectivity index (χ2n) is 7.54. The van der Waals surface area contributed by atoms with Crippen LogP contribution < -0.4 is 5.32 Å². The molecule has 1 atom stereocenters. The van der Waals surface area contributed by atoms with Gasteiger partial charge in [0.15, 0.2) is 0 Å². The molecule has 1 aliphatic heterocycles. The van der Waals surface area contributed by atoms with Crippen LogP contribution in [0.4, 0.5) is 10.3 Å². The van der Waals surface area contributed by atoms with Gasteiger partial charge in [-0.15, -0.1) is 5.10 Å². The number of allylic oxidation sites excluding steroid dienone is 1. The van der Waals surface area contributed by atoms with Crippen molar-refractivity contribution in [2.24, 2.45) is 0 Å². The molecule has 1 aliphatic rings. The summed E-state index contributed by atoms with van der Waals surface area (Å²) in [5, 5.41) is 8.47. The summed E-state index contributed by atoms with van der Waals surface area (Å²) < 4.78 is 20.8. The molecule has 1 unspecified atom stereocenters. The van der Waals surface area contributed by atoms with E-state index in [2.05, 4.69) is 27.5 Å². The molecule has 0 fully saturated rings. The predicted molar refractivity (Wildman–Crippen MR) is 123 cm³/mol. The fourth-order valence-corrected chi connectivity index (χ4v) is 4.30. The highest BCUT2D eigenvalue weighted by atomic mass is 32.2. The number of benzene rings is 2. The minimum Gasteiger partial charge on any atom is -0.462 e. The first-order valence-corrected chi connectivity index (χ1v) is 11.6. The van der Waals surface area contributed by atoms with Crippen LogP contribution in [0.15, 0.2) is 71.0 Å². The van der Waals surface area contributed by atoms with Gasteiger partial charge in [0.2, 0.25) is 11.1 Å². The molecule has 0 aliphatic carbocycles. The minimum atomic E-state index is -0.556. The van der Waals surface area contributed by atoms with Gasteiger partial charge in [-0.2, -0.15) is 4.98 Å². The number of carbonyl (C=O) groups is 1. The van der Waals surface area contributed by atoms with E-state index in [1.807, 2.05) is 32.0 Å². The van der Waals surface area contributed by atoms with E-state index in [1.165, 1.54) is 29.5 Å². The topological polar surface area (TPSA) is 69.0 Å². The van der Waals surface area contributed by atoms with Gasteiger partial charge in [0, 0.05) is 11.4 Å². The molecular weight excluding hydrogens is 427 g/mol. The number of halogens is 1. The van der Waals surface area contributed by atoms with Gasteiger partial charge in [0.05, 0.1) is 12.2 Å². The van der Waals surface area contributed by atoms with Crippen molar-refractivity contribution in [2.45, 2.75) is 43.6 Å². The second kappa shape index (κ2) is 9.99. The van der Waals surface area contributed by atoms with Crippen LogP contribution in [0.3, 0.4) is 0 Å². The van der Waals surface area contributed by atoms with Crippen molar-refractivity contribution in [3.05, 3.63) is 82.8 Å². The molecule has 2 heterocycles. The largest absolute Gasteiger partial charge is 0.462 e. The monoisotopic (exact) mass is 452 g/mol. The molecule has 32 heavy (non-hydrogen) atoms. The third kappa shape index (κ3) is 4.85. The molecule has 1 aromatic heterocycles. The summed E-state index contributed by atoms with van der Waals surface area (Å²) in [6.07, 6.45) is 1.72. The average Bonchev–Trinajstić information content (AvgIpc) is 3.20. The lowest BCUT2D eigenvalue weighted by molar-refractivity contribution is -0.139. The lowest BCUT2D eigenvalue weighted by atomic mass is 9.96. The molecule has 4 rings (SSSR count). The SMILES string of the molecule is CCCCOC(=O)C1=C(C)Nc2nc(SCc3ccccc3)nn2C1c1ccc(F)cc1. The lowest BCUT2D eigenvalue weighted by Gasteiger charge is -2.28. The normalized spacial score (nSPS) is 15.3. The first-order valence-electron chi connectivity index (χ1n) is 10.6. The van der Waals surface area contributed by atoms with Gasteiger partial charge in [-0.3, -0.25) is 0 Å². The summed E-state index contributed by atoms with van der Waals surface area (Å²) in [6.45, 7) is 4.21. The molecule has 6 nitrogen and oxygen atoms in total. The number of esters is 1. The van der Waals surface area contributed by atoms with Gasteiger partial charge in [0.1, 0.15) is 11.9 Å². The van der Waals surface area contributed by atoms with Crippen LogP contribution >= 0.6 is 11.8 Å². The quantitative estimate of drug-likeness (QED) is 0.283. The van der Waals surface area contributed by atoms with E-state index in [1.54, 1.807) is 16.8 Å². The third-order valence-electron chi connectivity index (χ3n) is 5.18. The highest BCUT2D eigenvalue weighted by Gasteiger charge is 2.35. The minimum absolute atomic E-state index is 0.339. The van der Waals surface area contributed by atoms with Crippen molar-refractivity contribution >= 4 is 23.7 Å². The Morgan fingerprint density at radius 2 is 1.94 bits per heavy atom. The fourth-order valence-electron chi connectivity index (χ4n) is 3.52. The zero-order valence-corrected chi connectivity index (χ0v) is 18.9. The van der Waals surface area contributed by atoms with Crippen molar-refractivity contribution in [1.82, 2.24) is 14.8 Å². The van der Waals surface area contributed by atoms with Crippen molar-refractivity contribution in [3.8, 4) is 0 Å². The van der Waals surface area contributed by atoms with Crippen LogP contribution in [-0.2, 0) is 15.3 Å². The second-order valence-corrected chi connectivity index (χ2v) is 8.49. The Kier molecular flexibility index (Phi) is 6.90. The Morgan fingerprint density at radius 1 is 1.19 bits per heavy atom. The molecule has 1 N–H and O–H groups in total. The number of unbranched alkanes of at least 4 members (excludes halogenated alkanes) is 1. The van der Waals surface area contributed by atoms with Crippen LogP contribution in [0.1, 0.15) is 43.9 Å². The maximum Gasteiger partial charge on any atom is 0.338 e. The number of nitrogens with zero attached hydrogens (tertiary/aromatic N) is 3. The summed E-state index contributed by atoms with van der Waals surface area (Å²) in [7, 11) is 0. The molecule has 0 radical (unpaired) electrons. The number of aromatic nitrogens is 3. The molecule has 0 saturated heterocycles. The number of rotatable bonds is 8. The molecule has 0 spiro atoms. The number of nitrogens with one attached hydrogen (secondary N) is 1. The summed E-state index contributed by atoms with van der Waals surface area (Å²) in [5.41, 5.74) is 3.01. The van der Waals surface area contributed by atoms with Crippen LogP contribution in [0.2, 0.25) is 0 Å².